The van der Waals surface area contributed by atoms with Crippen LogP contribution in [-0.2, 0) is 10.3 Å². The highest BCUT2D eigenvalue weighted by atomic mass is 16.1. The minimum Gasteiger partial charge on any atom is -0.343 e. The van der Waals surface area contributed by atoms with E-state index in [1.807, 2.05) is 6.07 Å². The predicted molar refractivity (Wildman–Crippen MR) is 125 cm³/mol. The van der Waals surface area contributed by atoms with E-state index in [1.165, 1.54) is 11.1 Å². The summed E-state index contributed by atoms with van der Waals surface area (Å²) in [5, 5.41) is 8.53. The zero-order valence-electron chi connectivity index (χ0n) is 18.7. The van der Waals surface area contributed by atoms with Crippen molar-refractivity contribution in [2.75, 3.05) is 5.32 Å². The van der Waals surface area contributed by atoms with Crippen molar-refractivity contribution in [2.45, 2.75) is 58.4 Å². The number of nitrogens with one attached hydrogen (secondary N) is 1. The lowest BCUT2D eigenvalue weighted by molar-refractivity contribution is -0.116. The summed E-state index contributed by atoms with van der Waals surface area (Å²) in [6.07, 6.45) is 2.44. The molecule has 4 nitrogen and oxygen atoms in total. The van der Waals surface area contributed by atoms with Gasteiger partial charge in [-0.1, -0.05) is 54.6 Å². The molecule has 2 aromatic carbocycles. The maximum Gasteiger partial charge on any atom is 0.161 e. The number of benzene rings is 2. The molecule has 0 saturated heterocycles. The molecule has 0 spiro atoms. The summed E-state index contributed by atoms with van der Waals surface area (Å²) in [5.41, 5.74) is 7.52. The second kappa shape index (κ2) is 7.23. The van der Waals surface area contributed by atoms with Crippen molar-refractivity contribution in [3.63, 3.8) is 0 Å². The number of ketones is 1. The molecule has 1 aromatic heterocycles. The highest BCUT2D eigenvalue weighted by molar-refractivity contribution is 6.01. The van der Waals surface area contributed by atoms with E-state index in [1.54, 1.807) is 0 Å². The first-order valence-corrected chi connectivity index (χ1v) is 11.1. The number of Topliss-reactive ketones (excluding diaryl/α,β-unsaturated/α-hetero) is 1. The molecule has 1 aliphatic heterocycles. The zero-order chi connectivity index (χ0) is 21.8. The second-order valence-electron chi connectivity index (χ2n) is 9.65. The summed E-state index contributed by atoms with van der Waals surface area (Å²) in [6, 6.07) is 19.1. The minimum absolute atomic E-state index is 0.0695. The molecule has 3 aromatic rings. The van der Waals surface area contributed by atoms with Crippen LogP contribution in [0.25, 0.3) is 11.1 Å². The van der Waals surface area contributed by atoms with Gasteiger partial charge in [0.25, 0.3) is 0 Å². The van der Waals surface area contributed by atoms with Gasteiger partial charge in [0.2, 0.25) is 0 Å². The molecule has 0 amide bonds. The molecule has 1 N–H and O–H groups in total. The van der Waals surface area contributed by atoms with Crippen LogP contribution in [0, 0.1) is 6.92 Å². The first-order valence-electron chi connectivity index (χ1n) is 11.1. The van der Waals surface area contributed by atoms with Gasteiger partial charge in [0, 0.05) is 29.2 Å². The van der Waals surface area contributed by atoms with Gasteiger partial charge in [-0.15, -0.1) is 0 Å². The maximum absolute atomic E-state index is 13.1. The fraction of sp³-hybridized carbons (Fsp3) is 0.333. The molecule has 2 aliphatic rings. The average molecular weight is 412 g/mol. The molecule has 4 heteroatoms. The van der Waals surface area contributed by atoms with Crippen molar-refractivity contribution in [1.29, 1.82) is 0 Å². The number of carbonyl (C=O) groups excluding carboxylic acids is 1. The number of hydrogen-bond donors (Lipinski definition) is 1. The Morgan fingerprint density at radius 2 is 1.65 bits per heavy atom. The van der Waals surface area contributed by atoms with Crippen LogP contribution in [-0.4, -0.2) is 15.6 Å². The second-order valence-corrected chi connectivity index (χ2v) is 9.65. The lowest BCUT2D eigenvalue weighted by Crippen LogP contribution is -2.30. The van der Waals surface area contributed by atoms with Crippen molar-refractivity contribution in [3.05, 3.63) is 82.7 Å². The van der Waals surface area contributed by atoms with E-state index in [0.717, 1.165) is 46.8 Å². The molecule has 0 bridgehead atoms. The van der Waals surface area contributed by atoms with E-state index in [9.17, 15) is 4.79 Å². The number of allylic oxidation sites excluding steroid dienone is 2. The van der Waals surface area contributed by atoms with Gasteiger partial charge in [-0.3, -0.25) is 4.79 Å². The molecule has 0 saturated carbocycles. The standard InChI is InChI=1S/C27H29N3O/c1-17-23-24(20-15-13-19(14-16-20)18-9-6-5-7-10-18)25-21(11-8-12-22(25)31)28-26(23)30(29-17)27(2,3)4/h5-7,9-10,13-16,24,28H,8,11-12H2,1-4H3. The van der Waals surface area contributed by atoms with Crippen LogP contribution in [0.3, 0.4) is 0 Å². The lowest BCUT2D eigenvalue weighted by Gasteiger charge is -2.34. The molecular formula is C27H29N3O. The van der Waals surface area contributed by atoms with Gasteiger partial charge in [-0.05, 0) is 57.2 Å². The Hall–Kier alpha value is -3.14. The molecule has 1 unspecified atom stereocenters. The fourth-order valence-corrected chi connectivity index (χ4v) is 4.94. The summed E-state index contributed by atoms with van der Waals surface area (Å²) in [7, 11) is 0. The molecule has 0 radical (unpaired) electrons. The Balaban J connectivity index is 1.67. The van der Waals surface area contributed by atoms with E-state index in [-0.39, 0.29) is 17.2 Å². The predicted octanol–water partition coefficient (Wildman–Crippen LogP) is 6.18. The van der Waals surface area contributed by atoms with Crippen molar-refractivity contribution < 1.29 is 4.79 Å². The number of hydrogen-bond acceptors (Lipinski definition) is 3. The van der Waals surface area contributed by atoms with Gasteiger partial charge in [0.05, 0.1) is 11.2 Å². The van der Waals surface area contributed by atoms with Crippen molar-refractivity contribution in [2.24, 2.45) is 0 Å². The third-order valence-corrected chi connectivity index (χ3v) is 6.40. The monoisotopic (exact) mass is 411 g/mol. The molecular weight excluding hydrogens is 382 g/mol. The lowest BCUT2D eigenvalue weighted by atomic mass is 9.76. The van der Waals surface area contributed by atoms with E-state index < -0.39 is 0 Å². The van der Waals surface area contributed by atoms with Crippen molar-refractivity contribution >= 4 is 11.6 Å². The molecule has 0 fully saturated rings. The Morgan fingerprint density at radius 1 is 0.968 bits per heavy atom. The molecule has 1 atom stereocenters. The summed E-state index contributed by atoms with van der Waals surface area (Å²) in [6.45, 7) is 8.57. The van der Waals surface area contributed by atoms with Crippen LogP contribution < -0.4 is 5.32 Å². The van der Waals surface area contributed by atoms with Gasteiger partial charge < -0.3 is 5.32 Å². The fourth-order valence-electron chi connectivity index (χ4n) is 4.94. The largest absolute Gasteiger partial charge is 0.343 e. The summed E-state index contributed by atoms with van der Waals surface area (Å²) in [5.74, 6) is 1.23. The Bertz CT molecular complexity index is 1180. The highest BCUT2D eigenvalue weighted by Crippen LogP contribution is 2.47. The Morgan fingerprint density at radius 3 is 2.32 bits per heavy atom. The quantitative estimate of drug-likeness (QED) is 0.548. The van der Waals surface area contributed by atoms with Gasteiger partial charge in [0.15, 0.2) is 5.78 Å². The van der Waals surface area contributed by atoms with Crippen LogP contribution in [0.2, 0.25) is 0 Å². The number of aryl methyl sites for hydroxylation is 1. The number of fused-ring (bicyclic) bond motifs is 1. The topological polar surface area (TPSA) is 46.9 Å². The third kappa shape index (κ3) is 3.31. The number of anilines is 1. The highest BCUT2D eigenvalue weighted by Gasteiger charge is 2.39. The molecule has 31 heavy (non-hydrogen) atoms. The minimum atomic E-state index is -0.149. The summed E-state index contributed by atoms with van der Waals surface area (Å²) >= 11 is 0. The van der Waals surface area contributed by atoms with E-state index in [4.69, 9.17) is 5.10 Å². The number of nitrogens with zero attached hydrogens (tertiary/aromatic N) is 2. The van der Waals surface area contributed by atoms with Crippen LogP contribution >= 0.6 is 0 Å². The van der Waals surface area contributed by atoms with Crippen LogP contribution in [0.15, 0.2) is 65.9 Å². The maximum atomic E-state index is 13.1. The van der Waals surface area contributed by atoms with Crippen molar-refractivity contribution in [3.8, 4) is 11.1 Å². The Labute approximate surface area is 184 Å². The van der Waals surface area contributed by atoms with Gasteiger partial charge in [-0.25, -0.2) is 4.68 Å². The third-order valence-electron chi connectivity index (χ3n) is 6.40. The summed E-state index contributed by atoms with van der Waals surface area (Å²) < 4.78 is 2.09. The van der Waals surface area contributed by atoms with Gasteiger partial charge in [-0.2, -0.15) is 5.10 Å². The zero-order valence-corrected chi connectivity index (χ0v) is 18.7. The first kappa shape index (κ1) is 19.8. The smallest absolute Gasteiger partial charge is 0.161 e. The Kier molecular flexibility index (Phi) is 4.62. The number of aromatic nitrogens is 2. The number of rotatable bonds is 2. The van der Waals surface area contributed by atoms with Gasteiger partial charge in [0.1, 0.15) is 5.82 Å². The average Bonchev–Trinajstić information content (AvgIpc) is 3.10. The van der Waals surface area contributed by atoms with Crippen LogP contribution in [0.5, 0.6) is 0 Å². The van der Waals surface area contributed by atoms with E-state index in [2.05, 4.69) is 86.2 Å². The SMILES string of the molecule is Cc1nn(C(C)(C)C)c2c1C(c1ccc(-c3ccccc3)cc1)C1=C(CCCC1=O)N2. The normalized spacial score (nSPS) is 18.5. The first-order chi connectivity index (χ1) is 14.8. The summed E-state index contributed by atoms with van der Waals surface area (Å²) in [4.78, 5) is 13.1. The number of carbonyl (C=O) groups is 1. The van der Waals surface area contributed by atoms with E-state index >= 15 is 0 Å². The van der Waals surface area contributed by atoms with Gasteiger partial charge >= 0.3 is 0 Å². The van der Waals surface area contributed by atoms with Crippen molar-refractivity contribution in [1.82, 2.24) is 9.78 Å². The molecule has 2 heterocycles. The molecule has 158 valence electrons. The molecule has 5 rings (SSSR count). The molecule has 1 aliphatic carbocycles. The van der Waals surface area contributed by atoms with Crippen LogP contribution in [0.1, 0.15) is 62.8 Å². The van der Waals surface area contributed by atoms with E-state index in [0.29, 0.717) is 6.42 Å². The van der Waals surface area contributed by atoms with Crippen LogP contribution in [0.4, 0.5) is 5.82 Å².